The number of nitrogens with zero attached hydrogens (tertiary/aromatic N) is 1. The molecule has 0 spiro atoms. The molecule has 8 heteroatoms. The number of nitrogens with two attached hydrogens (primary N) is 1. The summed E-state index contributed by atoms with van der Waals surface area (Å²) in [5, 5.41) is 5.84. The van der Waals surface area contributed by atoms with E-state index < -0.39 is 10.0 Å². The van der Waals surface area contributed by atoms with Crippen LogP contribution in [0.15, 0.2) is 59.5 Å². The Hall–Kier alpha value is -2.74. The highest BCUT2D eigenvalue weighted by atomic mass is 35.5. The number of halogens is 1. The third kappa shape index (κ3) is 3.76. The van der Waals surface area contributed by atoms with E-state index in [1.165, 1.54) is 12.1 Å². The van der Waals surface area contributed by atoms with Crippen molar-refractivity contribution in [2.24, 2.45) is 5.14 Å². The van der Waals surface area contributed by atoms with E-state index in [4.69, 9.17) is 26.2 Å². The molecule has 1 aliphatic rings. The zero-order chi connectivity index (χ0) is 20.8. The molecule has 3 aromatic rings. The zero-order valence-electron chi connectivity index (χ0n) is 15.8. The molecule has 29 heavy (non-hydrogen) atoms. The molecule has 0 aromatic heterocycles. The quantitative estimate of drug-likeness (QED) is 0.673. The molecule has 4 rings (SSSR count). The second-order valence-electron chi connectivity index (χ2n) is 6.88. The van der Waals surface area contributed by atoms with Gasteiger partial charge in [0, 0.05) is 14.1 Å². The van der Waals surface area contributed by atoms with Crippen LogP contribution >= 0.6 is 11.6 Å². The SMILES string of the molecule is CN(C)c1ccc(-c2cc3c(cc2-c2ccc(S(N)(=O)=O)cc2)OCO3)cc1Cl. The van der Waals surface area contributed by atoms with Gasteiger partial charge in [-0.3, -0.25) is 0 Å². The first-order chi connectivity index (χ1) is 13.7. The highest BCUT2D eigenvalue weighted by Crippen LogP contribution is 2.44. The van der Waals surface area contributed by atoms with E-state index in [2.05, 4.69) is 0 Å². The van der Waals surface area contributed by atoms with Gasteiger partial charge in [0.1, 0.15) is 0 Å². The van der Waals surface area contributed by atoms with Crippen LogP contribution in [-0.2, 0) is 10.0 Å². The first-order valence-electron chi connectivity index (χ1n) is 8.78. The molecule has 0 radical (unpaired) electrons. The van der Waals surface area contributed by atoms with Crippen molar-refractivity contribution < 1.29 is 17.9 Å². The van der Waals surface area contributed by atoms with Gasteiger partial charge in [-0.25, -0.2) is 13.6 Å². The molecule has 150 valence electrons. The van der Waals surface area contributed by atoms with Gasteiger partial charge in [-0.1, -0.05) is 29.8 Å². The van der Waals surface area contributed by atoms with Gasteiger partial charge in [0.2, 0.25) is 16.8 Å². The monoisotopic (exact) mass is 430 g/mol. The molecular formula is C21H19ClN2O4S. The number of hydrogen-bond acceptors (Lipinski definition) is 5. The lowest BCUT2D eigenvalue weighted by Gasteiger charge is -2.17. The van der Waals surface area contributed by atoms with Gasteiger partial charge in [-0.2, -0.15) is 0 Å². The Kier molecular flexibility index (Phi) is 4.90. The Bertz CT molecular complexity index is 1190. The lowest BCUT2D eigenvalue weighted by atomic mass is 9.93. The molecule has 2 N–H and O–H groups in total. The van der Waals surface area contributed by atoms with Crippen molar-refractivity contribution in [1.82, 2.24) is 0 Å². The molecule has 0 unspecified atom stereocenters. The maximum Gasteiger partial charge on any atom is 0.238 e. The fourth-order valence-corrected chi connectivity index (χ4v) is 4.15. The molecule has 0 aliphatic carbocycles. The van der Waals surface area contributed by atoms with Gasteiger partial charge in [-0.15, -0.1) is 0 Å². The minimum atomic E-state index is -3.76. The van der Waals surface area contributed by atoms with Crippen LogP contribution in [0.5, 0.6) is 11.5 Å². The van der Waals surface area contributed by atoms with Crippen molar-refractivity contribution in [3.05, 3.63) is 59.6 Å². The summed E-state index contributed by atoms with van der Waals surface area (Å²) in [4.78, 5) is 2.00. The number of fused-ring (bicyclic) bond motifs is 1. The summed E-state index contributed by atoms with van der Waals surface area (Å²) in [6.07, 6.45) is 0. The number of sulfonamides is 1. The van der Waals surface area contributed by atoms with Crippen molar-refractivity contribution in [2.45, 2.75) is 4.90 Å². The fourth-order valence-electron chi connectivity index (χ4n) is 3.28. The molecule has 1 heterocycles. The van der Waals surface area contributed by atoms with Gasteiger partial charge < -0.3 is 14.4 Å². The highest BCUT2D eigenvalue weighted by molar-refractivity contribution is 7.89. The van der Waals surface area contributed by atoms with E-state index in [9.17, 15) is 8.42 Å². The molecule has 6 nitrogen and oxygen atoms in total. The van der Waals surface area contributed by atoms with E-state index in [1.54, 1.807) is 12.1 Å². The Labute approximate surface area is 174 Å². The third-order valence-corrected chi connectivity index (χ3v) is 5.98. The van der Waals surface area contributed by atoms with Gasteiger partial charge in [-0.05, 0) is 58.7 Å². The van der Waals surface area contributed by atoms with Crippen LogP contribution in [0, 0.1) is 0 Å². The van der Waals surface area contributed by atoms with Crippen LogP contribution in [-0.4, -0.2) is 29.3 Å². The van der Waals surface area contributed by atoms with Gasteiger partial charge in [0.15, 0.2) is 11.5 Å². The lowest BCUT2D eigenvalue weighted by molar-refractivity contribution is 0.174. The normalized spacial score (nSPS) is 12.8. The molecule has 0 fully saturated rings. The second-order valence-corrected chi connectivity index (χ2v) is 8.85. The summed E-state index contributed by atoms with van der Waals surface area (Å²) in [7, 11) is 0.102. The Morgan fingerprint density at radius 1 is 0.897 bits per heavy atom. The van der Waals surface area contributed by atoms with Crippen molar-refractivity contribution in [1.29, 1.82) is 0 Å². The maximum atomic E-state index is 11.6. The van der Waals surface area contributed by atoms with E-state index in [-0.39, 0.29) is 11.7 Å². The molecule has 0 amide bonds. The summed E-state index contributed by atoms with van der Waals surface area (Å²) in [6.45, 7) is 0.156. The molecular weight excluding hydrogens is 412 g/mol. The van der Waals surface area contributed by atoms with Gasteiger partial charge in [0.05, 0.1) is 15.6 Å². The van der Waals surface area contributed by atoms with E-state index in [0.29, 0.717) is 16.5 Å². The predicted octanol–water partition coefficient (Wildman–Crippen LogP) is 4.12. The lowest BCUT2D eigenvalue weighted by Crippen LogP contribution is -2.11. The number of primary sulfonamides is 1. The summed E-state index contributed by atoms with van der Waals surface area (Å²) in [5.74, 6) is 1.29. The Morgan fingerprint density at radius 2 is 1.45 bits per heavy atom. The first kappa shape index (κ1) is 19.6. The summed E-state index contributed by atoms with van der Waals surface area (Å²) in [5.41, 5.74) is 4.40. The van der Waals surface area contributed by atoms with Crippen LogP contribution in [0.1, 0.15) is 0 Å². The van der Waals surface area contributed by atoms with Crippen molar-refractivity contribution >= 4 is 27.3 Å². The molecule has 1 aliphatic heterocycles. The van der Waals surface area contributed by atoms with Crippen molar-refractivity contribution in [3.8, 4) is 33.8 Å². The smallest absolute Gasteiger partial charge is 0.238 e. The number of ether oxygens (including phenoxy) is 2. The number of hydrogen-bond donors (Lipinski definition) is 1. The summed E-state index contributed by atoms with van der Waals surface area (Å²) >= 11 is 6.48. The molecule has 0 saturated carbocycles. The van der Waals surface area contributed by atoms with Gasteiger partial charge in [0.25, 0.3) is 0 Å². The second kappa shape index (κ2) is 7.26. The standard InChI is InChI=1S/C21H19ClN2O4S/c1-24(2)19-8-5-14(9-18(19)22)17-11-21-20(27-12-28-21)10-16(17)13-3-6-15(7-4-13)29(23,25)26/h3-11H,12H2,1-2H3,(H2,23,25,26). The fraction of sp³-hybridized carbons (Fsp3) is 0.143. The largest absolute Gasteiger partial charge is 0.454 e. The maximum absolute atomic E-state index is 11.6. The van der Waals surface area contributed by atoms with Crippen molar-refractivity contribution in [2.75, 3.05) is 25.8 Å². The summed E-state index contributed by atoms with van der Waals surface area (Å²) < 4.78 is 34.2. The molecule has 0 atom stereocenters. The average Bonchev–Trinajstić information content (AvgIpc) is 3.13. The Morgan fingerprint density at radius 3 is 1.97 bits per heavy atom. The van der Waals surface area contributed by atoms with Crippen molar-refractivity contribution in [3.63, 3.8) is 0 Å². The van der Waals surface area contributed by atoms with Crippen LogP contribution in [0.3, 0.4) is 0 Å². The van der Waals surface area contributed by atoms with Crippen LogP contribution in [0.25, 0.3) is 22.3 Å². The van der Waals surface area contributed by atoms with E-state index >= 15 is 0 Å². The van der Waals surface area contributed by atoms with Gasteiger partial charge >= 0.3 is 0 Å². The molecule has 3 aromatic carbocycles. The predicted molar refractivity (Wildman–Crippen MR) is 114 cm³/mol. The number of rotatable bonds is 4. The Balaban J connectivity index is 1.87. The number of benzene rings is 3. The average molecular weight is 431 g/mol. The topological polar surface area (TPSA) is 81.9 Å². The van der Waals surface area contributed by atoms with Crippen LogP contribution in [0.2, 0.25) is 5.02 Å². The van der Waals surface area contributed by atoms with E-state index in [1.807, 2.05) is 49.3 Å². The van der Waals surface area contributed by atoms with Crippen LogP contribution < -0.4 is 19.5 Å². The molecule has 0 saturated heterocycles. The summed E-state index contributed by atoms with van der Waals surface area (Å²) in [6, 6.07) is 16.0. The first-order valence-corrected chi connectivity index (χ1v) is 10.7. The van der Waals surface area contributed by atoms with E-state index in [0.717, 1.165) is 27.9 Å². The highest BCUT2D eigenvalue weighted by Gasteiger charge is 2.20. The number of anilines is 1. The van der Waals surface area contributed by atoms with Crippen LogP contribution in [0.4, 0.5) is 5.69 Å². The minimum absolute atomic E-state index is 0.0573. The minimum Gasteiger partial charge on any atom is -0.454 e. The third-order valence-electron chi connectivity index (χ3n) is 4.75. The molecule has 0 bridgehead atoms. The zero-order valence-corrected chi connectivity index (χ0v) is 17.4.